The first-order chi connectivity index (χ1) is 16.9. The van der Waals surface area contributed by atoms with Crippen molar-refractivity contribution in [3.8, 4) is 11.5 Å². The second kappa shape index (κ2) is 10.8. The van der Waals surface area contributed by atoms with Gasteiger partial charge in [-0.05, 0) is 73.6 Å². The van der Waals surface area contributed by atoms with Crippen LogP contribution in [0.15, 0.2) is 76.8 Å². The predicted octanol–water partition coefficient (Wildman–Crippen LogP) is 5.57. The average molecular weight is 551 g/mol. The third-order valence-electron chi connectivity index (χ3n) is 5.22. The van der Waals surface area contributed by atoms with Crippen LogP contribution in [0.4, 0.5) is 5.69 Å². The van der Waals surface area contributed by atoms with Crippen LogP contribution in [0.25, 0.3) is 6.08 Å². The summed E-state index contributed by atoms with van der Waals surface area (Å²) in [7, 11) is 0. The van der Waals surface area contributed by atoms with Crippen LogP contribution in [0.5, 0.6) is 11.5 Å². The van der Waals surface area contributed by atoms with Gasteiger partial charge in [0, 0.05) is 4.47 Å². The van der Waals surface area contributed by atoms with Gasteiger partial charge in [0.05, 0.1) is 12.3 Å². The zero-order valence-electron chi connectivity index (χ0n) is 19.2. The zero-order valence-corrected chi connectivity index (χ0v) is 21.6. The highest BCUT2D eigenvalue weighted by Gasteiger charge is 2.34. The molecule has 2 amide bonds. The fraction of sp³-hybridized carbons (Fsp3) is 0.148. The first-order valence-corrected chi connectivity index (χ1v) is 12.2. The number of nitrogens with one attached hydrogen (secondary N) is 1. The van der Waals surface area contributed by atoms with Gasteiger partial charge >= 0.3 is 0 Å². The number of hydrogen-bond donors (Lipinski definition) is 1. The molecule has 6 nitrogen and oxygen atoms in total. The summed E-state index contributed by atoms with van der Waals surface area (Å²) >= 11 is 8.67. The molecule has 35 heavy (non-hydrogen) atoms. The first-order valence-electron chi connectivity index (χ1n) is 11.0. The number of halogens is 1. The van der Waals surface area contributed by atoms with E-state index in [-0.39, 0.29) is 10.7 Å². The number of benzene rings is 3. The molecule has 1 N–H and O–H groups in total. The highest BCUT2D eigenvalue weighted by Crippen LogP contribution is 2.31. The lowest BCUT2D eigenvalue weighted by Crippen LogP contribution is -2.54. The Morgan fingerprint density at radius 2 is 1.80 bits per heavy atom. The molecule has 178 valence electrons. The number of aryl methyl sites for hydroxylation is 1. The van der Waals surface area contributed by atoms with Crippen LogP contribution in [0.1, 0.15) is 23.6 Å². The van der Waals surface area contributed by atoms with Crippen molar-refractivity contribution in [3.05, 3.63) is 93.5 Å². The molecule has 0 aromatic heterocycles. The van der Waals surface area contributed by atoms with Gasteiger partial charge < -0.3 is 9.47 Å². The molecule has 3 aromatic carbocycles. The molecule has 0 bridgehead atoms. The topological polar surface area (TPSA) is 67.9 Å². The van der Waals surface area contributed by atoms with Crippen LogP contribution in [0, 0.1) is 6.92 Å². The third kappa shape index (κ3) is 5.78. The molecule has 0 saturated carbocycles. The standard InChI is InChI=1S/C27H23BrN2O4S/c1-3-33-24-14-18(10-11-23(24)34-16-19-7-4-6-17(2)12-19)13-22-25(31)29-27(35)30(26(22)32)21-9-5-8-20(28)15-21/h4-15H,3,16H2,1-2H3,(H,29,31,35)/b22-13+. The van der Waals surface area contributed by atoms with Crippen molar-refractivity contribution in [2.24, 2.45) is 0 Å². The zero-order chi connectivity index (χ0) is 24.9. The van der Waals surface area contributed by atoms with Gasteiger partial charge in [-0.1, -0.05) is 57.9 Å². The summed E-state index contributed by atoms with van der Waals surface area (Å²) in [5.41, 5.74) is 3.35. The van der Waals surface area contributed by atoms with Crippen LogP contribution in [0.3, 0.4) is 0 Å². The molecule has 0 atom stereocenters. The molecule has 1 aliphatic rings. The summed E-state index contributed by atoms with van der Waals surface area (Å²) in [4.78, 5) is 27.2. The van der Waals surface area contributed by atoms with Gasteiger partial charge in [0.2, 0.25) is 0 Å². The molecule has 0 unspecified atom stereocenters. The van der Waals surface area contributed by atoms with Gasteiger partial charge in [0.15, 0.2) is 16.6 Å². The molecule has 0 radical (unpaired) electrons. The Morgan fingerprint density at radius 3 is 2.54 bits per heavy atom. The number of rotatable bonds is 7. The smallest absolute Gasteiger partial charge is 0.270 e. The molecule has 1 fully saturated rings. The minimum atomic E-state index is -0.552. The van der Waals surface area contributed by atoms with Crippen LogP contribution < -0.4 is 19.7 Å². The molecule has 0 aliphatic carbocycles. The normalized spacial score (nSPS) is 14.8. The van der Waals surface area contributed by atoms with Gasteiger partial charge in [0.25, 0.3) is 11.8 Å². The average Bonchev–Trinajstić information content (AvgIpc) is 2.81. The SMILES string of the molecule is CCOc1cc(/C=C2\C(=O)NC(=S)N(c3cccc(Br)c3)C2=O)ccc1OCc1cccc(C)c1. The van der Waals surface area contributed by atoms with E-state index in [2.05, 4.69) is 27.3 Å². The maximum atomic E-state index is 13.3. The molecule has 1 saturated heterocycles. The van der Waals surface area contributed by atoms with E-state index in [9.17, 15) is 9.59 Å². The fourth-order valence-electron chi connectivity index (χ4n) is 3.64. The second-order valence-corrected chi connectivity index (χ2v) is 9.16. The van der Waals surface area contributed by atoms with E-state index in [1.807, 2.05) is 38.1 Å². The number of anilines is 1. The molecular weight excluding hydrogens is 528 g/mol. The number of carbonyl (C=O) groups excluding carboxylic acids is 2. The summed E-state index contributed by atoms with van der Waals surface area (Å²) in [5, 5.41) is 2.63. The number of amides is 2. The van der Waals surface area contributed by atoms with Crippen LogP contribution in [0.2, 0.25) is 0 Å². The highest BCUT2D eigenvalue weighted by atomic mass is 79.9. The molecule has 1 aliphatic heterocycles. The summed E-state index contributed by atoms with van der Waals surface area (Å²) in [6, 6.07) is 20.5. The van der Waals surface area contributed by atoms with Gasteiger partial charge in [-0.15, -0.1) is 0 Å². The first kappa shape index (κ1) is 24.6. The Labute approximate surface area is 217 Å². The van der Waals surface area contributed by atoms with E-state index in [1.54, 1.807) is 36.4 Å². The van der Waals surface area contributed by atoms with Gasteiger partial charge in [-0.25, -0.2) is 0 Å². The van der Waals surface area contributed by atoms with Crippen LogP contribution >= 0.6 is 28.1 Å². The fourth-order valence-corrected chi connectivity index (χ4v) is 4.31. The van der Waals surface area contributed by atoms with Crippen LogP contribution in [-0.4, -0.2) is 23.5 Å². The van der Waals surface area contributed by atoms with E-state index >= 15 is 0 Å². The van der Waals surface area contributed by atoms with E-state index in [1.165, 1.54) is 11.0 Å². The van der Waals surface area contributed by atoms with Crippen molar-refractivity contribution in [1.29, 1.82) is 0 Å². The maximum absolute atomic E-state index is 13.3. The lowest BCUT2D eigenvalue weighted by molar-refractivity contribution is -0.122. The summed E-state index contributed by atoms with van der Waals surface area (Å²) in [5.74, 6) is 0.0444. The number of thiocarbonyl (C=S) groups is 1. The van der Waals surface area contributed by atoms with E-state index in [4.69, 9.17) is 21.7 Å². The van der Waals surface area contributed by atoms with E-state index in [0.717, 1.165) is 15.6 Å². The Hall–Kier alpha value is -3.49. The molecule has 8 heteroatoms. The minimum Gasteiger partial charge on any atom is -0.490 e. The van der Waals surface area contributed by atoms with Crippen molar-refractivity contribution < 1.29 is 19.1 Å². The molecule has 1 heterocycles. The molecule has 4 rings (SSSR count). The molecule has 3 aromatic rings. The Bertz CT molecular complexity index is 1340. The number of ether oxygens (including phenoxy) is 2. The Balaban J connectivity index is 1.61. The Morgan fingerprint density at radius 1 is 1.00 bits per heavy atom. The summed E-state index contributed by atoms with van der Waals surface area (Å²) < 4.78 is 12.6. The maximum Gasteiger partial charge on any atom is 0.270 e. The lowest BCUT2D eigenvalue weighted by atomic mass is 10.1. The number of hydrogen-bond acceptors (Lipinski definition) is 5. The molecule has 0 spiro atoms. The van der Waals surface area contributed by atoms with Gasteiger partial charge in [0.1, 0.15) is 12.2 Å². The van der Waals surface area contributed by atoms with E-state index in [0.29, 0.717) is 36.0 Å². The summed E-state index contributed by atoms with van der Waals surface area (Å²) in [6.07, 6.45) is 1.53. The van der Waals surface area contributed by atoms with Crippen molar-refractivity contribution in [1.82, 2.24) is 5.32 Å². The number of carbonyl (C=O) groups is 2. The molecular formula is C27H23BrN2O4S. The van der Waals surface area contributed by atoms with Gasteiger partial charge in [-0.3, -0.25) is 19.8 Å². The summed E-state index contributed by atoms with van der Waals surface area (Å²) in [6.45, 7) is 4.74. The third-order valence-corrected chi connectivity index (χ3v) is 6.00. The Kier molecular flexibility index (Phi) is 7.63. The van der Waals surface area contributed by atoms with Crippen molar-refractivity contribution in [2.75, 3.05) is 11.5 Å². The largest absolute Gasteiger partial charge is 0.490 e. The highest BCUT2D eigenvalue weighted by molar-refractivity contribution is 9.10. The van der Waals surface area contributed by atoms with Gasteiger partial charge in [-0.2, -0.15) is 0 Å². The predicted molar refractivity (Wildman–Crippen MR) is 143 cm³/mol. The minimum absolute atomic E-state index is 0.0325. The van der Waals surface area contributed by atoms with Crippen molar-refractivity contribution in [2.45, 2.75) is 20.5 Å². The van der Waals surface area contributed by atoms with Crippen LogP contribution in [-0.2, 0) is 16.2 Å². The number of nitrogens with zero attached hydrogens (tertiary/aromatic N) is 1. The van der Waals surface area contributed by atoms with Crippen molar-refractivity contribution in [3.63, 3.8) is 0 Å². The lowest BCUT2D eigenvalue weighted by Gasteiger charge is -2.29. The van der Waals surface area contributed by atoms with Crippen molar-refractivity contribution >= 4 is 56.8 Å². The van der Waals surface area contributed by atoms with E-state index < -0.39 is 11.8 Å². The monoisotopic (exact) mass is 550 g/mol. The second-order valence-electron chi connectivity index (χ2n) is 7.85. The quantitative estimate of drug-likeness (QED) is 0.237.